The molecule has 0 saturated heterocycles. The molecule has 106 valence electrons. The van der Waals surface area contributed by atoms with E-state index in [1.807, 2.05) is 12.1 Å². The van der Waals surface area contributed by atoms with Gasteiger partial charge in [-0.1, -0.05) is 38.8 Å². The molecule has 2 atom stereocenters. The lowest BCUT2D eigenvalue weighted by molar-refractivity contribution is 0.168. The van der Waals surface area contributed by atoms with Crippen LogP contribution in [0.3, 0.4) is 0 Å². The fraction of sp³-hybridized carbons (Fsp3) is 0.600. The number of rotatable bonds is 6. The summed E-state index contributed by atoms with van der Waals surface area (Å²) in [5, 5.41) is 0. The number of benzene rings is 1. The highest BCUT2D eigenvalue weighted by Gasteiger charge is 2.22. The quantitative estimate of drug-likeness (QED) is 0.613. The predicted octanol–water partition coefficient (Wildman–Crippen LogP) is 2.79. The smallest absolute Gasteiger partial charge is 0.166 e. The Morgan fingerprint density at radius 2 is 2.11 bits per heavy atom. The van der Waals surface area contributed by atoms with Crippen molar-refractivity contribution in [3.05, 3.63) is 23.8 Å². The van der Waals surface area contributed by atoms with E-state index in [4.69, 9.17) is 15.3 Å². The van der Waals surface area contributed by atoms with Crippen molar-refractivity contribution in [3.8, 4) is 11.5 Å². The van der Waals surface area contributed by atoms with Crippen molar-refractivity contribution in [1.82, 2.24) is 5.43 Å². The van der Waals surface area contributed by atoms with Crippen LogP contribution in [0.25, 0.3) is 0 Å². The third kappa shape index (κ3) is 3.39. The van der Waals surface area contributed by atoms with Crippen LogP contribution in [0.2, 0.25) is 0 Å². The van der Waals surface area contributed by atoms with Crippen LogP contribution in [0.5, 0.6) is 11.5 Å². The molecule has 0 saturated carbocycles. The maximum Gasteiger partial charge on any atom is 0.166 e. The molecule has 3 N–H and O–H groups in total. The zero-order chi connectivity index (χ0) is 13.7. The summed E-state index contributed by atoms with van der Waals surface area (Å²) in [5.41, 5.74) is 4.02. The molecule has 2 unspecified atom stereocenters. The third-order valence-electron chi connectivity index (χ3n) is 3.59. The molecule has 1 aliphatic rings. The van der Waals surface area contributed by atoms with Crippen LogP contribution in [0.1, 0.15) is 44.7 Å². The summed E-state index contributed by atoms with van der Waals surface area (Å²) >= 11 is 0. The molecule has 1 aromatic carbocycles. The van der Waals surface area contributed by atoms with E-state index in [1.54, 1.807) is 0 Å². The van der Waals surface area contributed by atoms with Crippen LogP contribution in [0.15, 0.2) is 18.2 Å². The molecule has 0 amide bonds. The number of nitrogens with two attached hydrogens (primary N) is 1. The minimum absolute atomic E-state index is 0.109. The summed E-state index contributed by atoms with van der Waals surface area (Å²) in [6.45, 7) is 5.69. The maximum absolute atomic E-state index is 5.76. The first-order chi connectivity index (χ1) is 9.26. The number of hydrazine groups is 1. The van der Waals surface area contributed by atoms with E-state index in [-0.39, 0.29) is 6.04 Å². The first-order valence-corrected chi connectivity index (χ1v) is 7.10. The largest absolute Gasteiger partial charge is 0.486 e. The number of hydrogen-bond acceptors (Lipinski definition) is 4. The lowest BCUT2D eigenvalue weighted by Gasteiger charge is -2.26. The molecule has 0 aliphatic carbocycles. The second-order valence-corrected chi connectivity index (χ2v) is 5.22. The first kappa shape index (κ1) is 14.2. The number of para-hydroxylation sites is 1. The van der Waals surface area contributed by atoms with Crippen LogP contribution < -0.4 is 20.7 Å². The van der Waals surface area contributed by atoms with Crippen LogP contribution in [0.4, 0.5) is 0 Å². The Bertz CT molecular complexity index is 409. The van der Waals surface area contributed by atoms with Gasteiger partial charge in [-0.25, -0.2) is 0 Å². The summed E-state index contributed by atoms with van der Waals surface area (Å²) in [6.07, 6.45) is 3.42. The van der Waals surface area contributed by atoms with Crippen LogP contribution in [-0.2, 0) is 0 Å². The average Bonchev–Trinajstić information content (AvgIpc) is 2.44. The third-order valence-corrected chi connectivity index (χ3v) is 3.59. The van der Waals surface area contributed by atoms with Gasteiger partial charge < -0.3 is 9.47 Å². The molecule has 0 radical (unpaired) electrons. The zero-order valence-electron chi connectivity index (χ0n) is 11.8. The van der Waals surface area contributed by atoms with E-state index in [1.165, 1.54) is 12.8 Å². The zero-order valence-corrected chi connectivity index (χ0v) is 11.8. The van der Waals surface area contributed by atoms with Gasteiger partial charge in [0.15, 0.2) is 11.5 Å². The van der Waals surface area contributed by atoms with Gasteiger partial charge in [-0.15, -0.1) is 0 Å². The SMILES string of the molecule is CCCC(C)CC(NN)c1cccc2c1OCCO2. The molecule has 4 nitrogen and oxygen atoms in total. The molecule has 1 heterocycles. The van der Waals surface area contributed by atoms with Gasteiger partial charge in [0, 0.05) is 5.56 Å². The van der Waals surface area contributed by atoms with Gasteiger partial charge in [-0.2, -0.15) is 0 Å². The topological polar surface area (TPSA) is 56.5 Å². The number of ether oxygens (including phenoxy) is 2. The van der Waals surface area contributed by atoms with Gasteiger partial charge in [0.1, 0.15) is 13.2 Å². The Hall–Kier alpha value is -1.26. The highest BCUT2D eigenvalue weighted by Crippen LogP contribution is 2.38. The van der Waals surface area contributed by atoms with Crippen molar-refractivity contribution in [3.63, 3.8) is 0 Å². The Morgan fingerprint density at radius 3 is 2.84 bits per heavy atom. The number of hydrogen-bond donors (Lipinski definition) is 2. The average molecular weight is 264 g/mol. The van der Waals surface area contributed by atoms with Crippen LogP contribution in [-0.4, -0.2) is 13.2 Å². The standard InChI is InChI=1S/C15H24N2O2/c1-3-5-11(2)10-13(17-16)12-6-4-7-14-15(12)19-9-8-18-14/h4,6-7,11,13,17H,3,5,8-10,16H2,1-2H3. The molecule has 4 heteroatoms. The minimum Gasteiger partial charge on any atom is -0.486 e. The first-order valence-electron chi connectivity index (χ1n) is 7.10. The lowest BCUT2D eigenvalue weighted by atomic mass is 9.92. The van der Waals surface area contributed by atoms with E-state index in [9.17, 15) is 0 Å². The van der Waals surface area contributed by atoms with E-state index in [0.29, 0.717) is 19.1 Å². The Balaban J connectivity index is 2.18. The highest BCUT2D eigenvalue weighted by atomic mass is 16.6. The maximum atomic E-state index is 5.76. The molecule has 1 aliphatic heterocycles. The molecule has 1 aromatic rings. The van der Waals surface area contributed by atoms with Gasteiger partial charge in [-0.05, 0) is 18.4 Å². The predicted molar refractivity (Wildman–Crippen MR) is 76.2 cm³/mol. The Morgan fingerprint density at radius 1 is 1.32 bits per heavy atom. The number of fused-ring (bicyclic) bond motifs is 1. The van der Waals surface area contributed by atoms with Gasteiger partial charge in [0.2, 0.25) is 0 Å². The summed E-state index contributed by atoms with van der Waals surface area (Å²) in [7, 11) is 0. The molecule has 2 rings (SSSR count). The summed E-state index contributed by atoms with van der Waals surface area (Å²) in [4.78, 5) is 0. The second-order valence-electron chi connectivity index (χ2n) is 5.22. The summed E-state index contributed by atoms with van der Waals surface area (Å²) in [6, 6.07) is 6.12. The Labute approximate surface area is 115 Å². The highest BCUT2D eigenvalue weighted by molar-refractivity contribution is 5.48. The molecule has 0 bridgehead atoms. The van der Waals surface area contributed by atoms with Crippen molar-refractivity contribution in [1.29, 1.82) is 0 Å². The molecule has 19 heavy (non-hydrogen) atoms. The van der Waals surface area contributed by atoms with Gasteiger partial charge >= 0.3 is 0 Å². The van der Waals surface area contributed by atoms with Gasteiger partial charge in [-0.3, -0.25) is 11.3 Å². The molecular formula is C15H24N2O2. The summed E-state index contributed by atoms with van der Waals surface area (Å²) < 4.78 is 11.4. The van der Waals surface area contributed by atoms with Crippen molar-refractivity contribution >= 4 is 0 Å². The molecular weight excluding hydrogens is 240 g/mol. The van der Waals surface area contributed by atoms with Gasteiger partial charge in [0.25, 0.3) is 0 Å². The van der Waals surface area contributed by atoms with E-state index in [0.717, 1.165) is 23.5 Å². The van der Waals surface area contributed by atoms with E-state index in [2.05, 4.69) is 25.3 Å². The lowest BCUT2D eigenvalue weighted by Crippen LogP contribution is -2.30. The van der Waals surface area contributed by atoms with Crippen LogP contribution in [0, 0.1) is 5.92 Å². The van der Waals surface area contributed by atoms with E-state index >= 15 is 0 Å². The van der Waals surface area contributed by atoms with Crippen molar-refractivity contribution < 1.29 is 9.47 Å². The molecule has 0 spiro atoms. The fourth-order valence-electron chi connectivity index (χ4n) is 2.67. The second kappa shape index (κ2) is 6.78. The molecule has 0 aromatic heterocycles. The summed E-state index contributed by atoms with van der Waals surface area (Å²) in [5.74, 6) is 8.04. The normalized spacial score (nSPS) is 17.0. The minimum atomic E-state index is 0.109. The Kier molecular flexibility index (Phi) is 5.05. The fourth-order valence-corrected chi connectivity index (χ4v) is 2.67. The van der Waals surface area contributed by atoms with Crippen molar-refractivity contribution in [2.75, 3.05) is 13.2 Å². The molecule has 0 fully saturated rings. The number of nitrogens with one attached hydrogen (secondary N) is 1. The van der Waals surface area contributed by atoms with Crippen molar-refractivity contribution in [2.24, 2.45) is 11.8 Å². The van der Waals surface area contributed by atoms with Crippen molar-refractivity contribution in [2.45, 2.75) is 39.2 Å². The van der Waals surface area contributed by atoms with Crippen LogP contribution >= 0.6 is 0 Å². The van der Waals surface area contributed by atoms with Gasteiger partial charge in [0.05, 0.1) is 6.04 Å². The monoisotopic (exact) mass is 264 g/mol. The van der Waals surface area contributed by atoms with E-state index < -0.39 is 0 Å².